The lowest BCUT2D eigenvalue weighted by Crippen LogP contribution is -1.98. The van der Waals surface area contributed by atoms with Crippen LogP contribution < -0.4 is 0 Å². The van der Waals surface area contributed by atoms with Gasteiger partial charge in [-0.1, -0.05) is 42.6 Å². The van der Waals surface area contributed by atoms with Crippen LogP contribution in [0.3, 0.4) is 0 Å². The number of rotatable bonds is 5. The Hall–Kier alpha value is -2.60. The summed E-state index contributed by atoms with van der Waals surface area (Å²) in [7, 11) is 0. The van der Waals surface area contributed by atoms with Crippen molar-refractivity contribution >= 4 is 29.5 Å². The highest BCUT2D eigenvalue weighted by Crippen LogP contribution is 2.37. The van der Waals surface area contributed by atoms with Gasteiger partial charge in [-0.15, -0.1) is 0 Å². The molecule has 1 N–H and O–H groups in total. The first-order valence-corrected chi connectivity index (χ1v) is 6.75. The molecule has 0 aliphatic heterocycles. The van der Waals surface area contributed by atoms with Gasteiger partial charge in [0, 0.05) is 11.0 Å². The molecule has 0 spiro atoms. The Kier molecular flexibility index (Phi) is 4.39. The van der Waals surface area contributed by atoms with Gasteiger partial charge in [-0.3, -0.25) is 10.1 Å². The molecular formula is C15H11NO4S. The molecule has 21 heavy (non-hydrogen) atoms. The molecule has 0 aliphatic rings. The molecule has 0 heterocycles. The van der Waals surface area contributed by atoms with Crippen LogP contribution in [0.15, 0.2) is 58.8 Å². The summed E-state index contributed by atoms with van der Waals surface area (Å²) in [6, 6.07) is 11.1. The number of carboxylic acid groups (broad SMARTS) is 1. The number of carbonyl (C=O) groups is 1. The zero-order valence-corrected chi connectivity index (χ0v) is 11.7. The van der Waals surface area contributed by atoms with Gasteiger partial charge in [0.1, 0.15) is 0 Å². The number of aromatic carboxylic acids is 1. The molecule has 2 rings (SSSR count). The summed E-state index contributed by atoms with van der Waals surface area (Å²) in [6.07, 6.45) is 1.52. The average Bonchev–Trinajstić information content (AvgIpc) is 2.47. The molecule has 0 bridgehead atoms. The standard InChI is InChI=1S/C15H11NO4S/c1-2-10-7-8-14(12(9-10)16(19)20)21-13-6-4-3-5-11(13)15(17)18/h2-9H,1H2,(H,17,18). The maximum atomic E-state index is 11.2. The molecule has 0 saturated carbocycles. The van der Waals surface area contributed by atoms with Gasteiger partial charge >= 0.3 is 5.97 Å². The maximum absolute atomic E-state index is 11.2. The monoisotopic (exact) mass is 301 g/mol. The maximum Gasteiger partial charge on any atom is 0.336 e. The lowest BCUT2D eigenvalue weighted by atomic mass is 10.2. The normalized spacial score (nSPS) is 10.1. The molecule has 2 aromatic rings. The first-order valence-electron chi connectivity index (χ1n) is 5.94. The second-order valence-corrected chi connectivity index (χ2v) is 5.18. The van der Waals surface area contributed by atoms with Gasteiger partial charge in [0.05, 0.1) is 15.4 Å². The minimum Gasteiger partial charge on any atom is -0.478 e. The zero-order valence-electron chi connectivity index (χ0n) is 10.9. The van der Waals surface area contributed by atoms with Gasteiger partial charge in [-0.2, -0.15) is 0 Å². The lowest BCUT2D eigenvalue weighted by molar-refractivity contribution is -0.387. The fraction of sp³-hybridized carbons (Fsp3) is 0. The Balaban J connectivity index is 2.47. The molecule has 0 aliphatic carbocycles. The molecular weight excluding hydrogens is 290 g/mol. The number of hydrogen-bond donors (Lipinski definition) is 1. The number of nitro benzene ring substituents is 1. The van der Waals surface area contributed by atoms with Crippen LogP contribution in [-0.4, -0.2) is 16.0 Å². The number of nitro groups is 1. The summed E-state index contributed by atoms with van der Waals surface area (Å²) in [6.45, 7) is 3.58. The first-order chi connectivity index (χ1) is 10.0. The van der Waals surface area contributed by atoms with Crippen molar-refractivity contribution in [1.29, 1.82) is 0 Å². The molecule has 0 atom stereocenters. The molecule has 0 fully saturated rings. The van der Waals surface area contributed by atoms with Crippen LogP contribution in [0.2, 0.25) is 0 Å². The number of nitrogens with zero attached hydrogens (tertiary/aromatic N) is 1. The Morgan fingerprint density at radius 1 is 1.24 bits per heavy atom. The molecule has 106 valence electrons. The molecule has 0 aromatic heterocycles. The first kappa shape index (κ1) is 14.8. The van der Waals surface area contributed by atoms with Crippen molar-refractivity contribution < 1.29 is 14.8 Å². The van der Waals surface area contributed by atoms with E-state index in [2.05, 4.69) is 6.58 Å². The van der Waals surface area contributed by atoms with Crippen LogP contribution in [0, 0.1) is 10.1 Å². The smallest absolute Gasteiger partial charge is 0.336 e. The Labute approximate surface area is 125 Å². The highest BCUT2D eigenvalue weighted by Gasteiger charge is 2.18. The summed E-state index contributed by atoms with van der Waals surface area (Å²) in [5, 5.41) is 20.3. The summed E-state index contributed by atoms with van der Waals surface area (Å²) in [5.74, 6) is -1.07. The molecule has 6 heteroatoms. The van der Waals surface area contributed by atoms with Gasteiger partial charge in [-0.25, -0.2) is 4.79 Å². The van der Waals surface area contributed by atoms with Gasteiger partial charge in [0.15, 0.2) is 0 Å². The lowest BCUT2D eigenvalue weighted by Gasteiger charge is -2.06. The summed E-state index contributed by atoms with van der Waals surface area (Å²) >= 11 is 1.06. The van der Waals surface area contributed by atoms with Crippen molar-refractivity contribution in [2.45, 2.75) is 9.79 Å². The highest BCUT2D eigenvalue weighted by molar-refractivity contribution is 7.99. The Bertz CT molecular complexity index is 727. The van der Waals surface area contributed by atoms with Crippen LogP contribution in [0.25, 0.3) is 6.08 Å². The van der Waals surface area contributed by atoms with E-state index in [1.807, 2.05) is 0 Å². The van der Waals surface area contributed by atoms with E-state index in [0.29, 0.717) is 15.4 Å². The molecule has 0 unspecified atom stereocenters. The second kappa shape index (κ2) is 6.23. The third-order valence-corrected chi connectivity index (χ3v) is 3.89. The van der Waals surface area contributed by atoms with Gasteiger partial charge in [0.2, 0.25) is 0 Å². The largest absolute Gasteiger partial charge is 0.478 e. The molecule has 0 saturated heterocycles. The SMILES string of the molecule is C=Cc1ccc(Sc2ccccc2C(=O)O)c([N+](=O)[O-])c1. The fourth-order valence-corrected chi connectivity index (χ4v) is 2.76. The number of hydrogen-bond acceptors (Lipinski definition) is 4. The van der Waals surface area contributed by atoms with Crippen molar-refractivity contribution in [3.05, 3.63) is 70.3 Å². The van der Waals surface area contributed by atoms with E-state index in [-0.39, 0.29) is 11.3 Å². The molecule has 0 amide bonds. The van der Waals surface area contributed by atoms with E-state index in [1.165, 1.54) is 18.2 Å². The van der Waals surface area contributed by atoms with Crippen LogP contribution in [0.5, 0.6) is 0 Å². The van der Waals surface area contributed by atoms with Crippen LogP contribution >= 0.6 is 11.8 Å². The topological polar surface area (TPSA) is 80.4 Å². The van der Waals surface area contributed by atoms with Crippen molar-refractivity contribution in [3.8, 4) is 0 Å². The molecule has 0 radical (unpaired) electrons. The summed E-state index contributed by atoms with van der Waals surface area (Å²) in [5.41, 5.74) is 0.680. The van der Waals surface area contributed by atoms with E-state index in [4.69, 9.17) is 5.11 Å². The average molecular weight is 301 g/mol. The van der Waals surface area contributed by atoms with Crippen molar-refractivity contribution in [2.24, 2.45) is 0 Å². The van der Waals surface area contributed by atoms with E-state index in [9.17, 15) is 14.9 Å². The zero-order chi connectivity index (χ0) is 15.4. The minimum atomic E-state index is -1.07. The van der Waals surface area contributed by atoms with Crippen molar-refractivity contribution in [1.82, 2.24) is 0 Å². The van der Waals surface area contributed by atoms with E-state index in [1.54, 1.807) is 30.3 Å². The van der Waals surface area contributed by atoms with Gasteiger partial charge < -0.3 is 5.11 Å². The van der Waals surface area contributed by atoms with Crippen LogP contribution in [0.1, 0.15) is 15.9 Å². The Morgan fingerprint density at radius 2 is 1.95 bits per heavy atom. The predicted octanol–water partition coefficient (Wildman–Crippen LogP) is 4.09. The van der Waals surface area contributed by atoms with Crippen LogP contribution in [0.4, 0.5) is 5.69 Å². The number of benzene rings is 2. The third-order valence-electron chi connectivity index (χ3n) is 2.75. The minimum absolute atomic E-state index is 0.0717. The second-order valence-electron chi connectivity index (χ2n) is 4.09. The summed E-state index contributed by atoms with van der Waals surface area (Å²) in [4.78, 5) is 22.7. The molecule has 2 aromatic carbocycles. The van der Waals surface area contributed by atoms with E-state index in [0.717, 1.165) is 11.8 Å². The quantitative estimate of drug-likeness (QED) is 0.664. The van der Waals surface area contributed by atoms with Gasteiger partial charge in [0.25, 0.3) is 5.69 Å². The highest BCUT2D eigenvalue weighted by atomic mass is 32.2. The Morgan fingerprint density at radius 3 is 2.57 bits per heavy atom. The van der Waals surface area contributed by atoms with E-state index < -0.39 is 10.9 Å². The van der Waals surface area contributed by atoms with Gasteiger partial charge in [-0.05, 0) is 23.8 Å². The third kappa shape index (κ3) is 3.29. The summed E-state index contributed by atoms with van der Waals surface area (Å²) < 4.78 is 0. The van der Waals surface area contributed by atoms with Crippen LogP contribution in [-0.2, 0) is 0 Å². The predicted molar refractivity (Wildman–Crippen MR) is 80.7 cm³/mol. The molecule has 5 nitrogen and oxygen atoms in total. The van der Waals surface area contributed by atoms with E-state index >= 15 is 0 Å². The fourth-order valence-electron chi connectivity index (χ4n) is 1.74. The van der Waals surface area contributed by atoms with Crippen molar-refractivity contribution in [3.63, 3.8) is 0 Å². The van der Waals surface area contributed by atoms with Crippen molar-refractivity contribution in [2.75, 3.05) is 0 Å². The number of carboxylic acids is 1.